The molecular formula is C14H18Br2N2O2S. The number of halogens is 2. The summed E-state index contributed by atoms with van der Waals surface area (Å²) >= 11 is 6.69. The Morgan fingerprint density at radius 3 is 2.67 bits per heavy atom. The molecule has 3 atom stereocenters. The first-order valence-electron chi connectivity index (χ1n) is 7.10. The van der Waals surface area contributed by atoms with Gasteiger partial charge in [0.05, 0.1) is 4.90 Å². The number of benzene rings is 1. The summed E-state index contributed by atoms with van der Waals surface area (Å²) in [6.07, 6.45) is 3.20. The maximum atomic E-state index is 12.9. The van der Waals surface area contributed by atoms with E-state index in [1.165, 1.54) is 0 Å². The fraction of sp³-hybridized carbons (Fsp3) is 0.571. The number of fused-ring (bicyclic) bond motifs is 1. The quantitative estimate of drug-likeness (QED) is 0.773. The number of nitrogens with two attached hydrogens (primary N) is 1. The molecule has 0 spiro atoms. The van der Waals surface area contributed by atoms with Gasteiger partial charge in [-0.05, 0) is 58.8 Å². The second kappa shape index (κ2) is 5.92. The molecular weight excluding hydrogens is 420 g/mol. The number of hydrogen-bond donors (Lipinski definition) is 1. The van der Waals surface area contributed by atoms with Crippen LogP contribution in [0.15, 0.2) is 32.0 Å². The lowest BCUT2D eigenvalue weighted by molar-refractivity contribution is 0.260. The predicted molar refractivity (Wildman–Crippen MR) is 89.4 cm³/mol. The number of nitrogens with zero attached hydrogens (tertiary/aromatic N) is 1. The second-order valence-electron chi connectivity index (χ2n) is 5.92. The van der Waals surface area contributed by atoms with Crippen molar-refractivity contribution in [2.75, 3.05) is 13.1 Å². The topological polar surface area (TPSA) is 63.4 Å². The zero-order valence-electron chi connectivity index (χ0n) is 11.5. The zero-order chi connectivity index (χ0) is 15.2. The smallest absolute Gasteiger partial charge is 0.244 e. The van der Waals surface area contributed by atoms with Crippen LogP contribution in [0.4, 0.5) is 0 Å². The Labute approximate surface area is 142 Å². The molecule has 7 heteroatoms. The van der Waals surface area contributed by atoms with Crippen molar-refractivity contribution in [1.29, 1.82) is 0 Å². The Balaban J connectivity index is 1.91. The molecule has 2 aliphatic rings. The van der Waals surface area contributed by atoms with E-state index in [2.05, 4.69) is 31.9 Å². The van der Waals surface area contributed by atoms with Crippen molar-refractivity contribution in [2.24, 2.45) is 17.6 Å². The van der Waals surface area contributed by atoms with Gasteiger partial charge in [-0.15, -0.1) is 0 Å². The molecule has 2 N–H and O–H groups in total. The highest BCUT2D eigenvalue weighted by atomic mass is 79.9. The fourth-order valence-corrected chi connectivity index (χ4v) is 6.48. The monoisotopic (exact) mass is 436 g/mol. The lowest BCUT2D eigenvalue weighted by Crippen LogP contribution is -2.38. The van der Waals surface area contributed by atoms with Crippen LogP contribution in [0.2, 0.25) is 0 Å². The number of sulfonamides is 1. The van der Waals surface area contributed by atoms with Crippen LogP contribution in [0.25, 0.3) is 0 Å². The van der Waals surface area contributed by atoms with Crippen LogP contribution in [0.5, 0.6) is 0 Å². The van der Waals surface area contributed by atoms with E-state index in [-0.39, 0.29) is 6.04 Å². The molecule has 1 heterocycles. The van der Waals surface area contributed by atoms with Crippen molar-refractivity contribution < 1.29 is 8.42 Å². The Morgan fingerprint density at radius 1 is 1.19 bits per heavy atom. The van der Waals surface area contributed by atoms with Crippen LogP contribution in [0.3, 0.4) is 0 Å². The minimum atomic E-state index is -3.47. The molecule has 3 unspecified atom stereocenters. The third-order valence-corrected chi connectivity index (χ3v) is 7.95. The van der Waals surface area contributed by atoms with Gasteiger partial charge in [-0.1, -0.05) is 22.4 Å². The van der Waals surface area contributed by atoms with Crippen molar-refractivity contribution in [3.8, 4) is 0 Å². The van der Waals surface area contributed by atoms with Gasteiger partial charge in [0, 0.05) is 28.1 Å². The van der Waals surface area contributed by atoms with Gasteiger partial charge in [-0.3, -0.25) is 0 Å². The summed E-state index contributed by atoms with van der Waals surface area (Å²) in [7, 11) is -3.47. The van der Waals surface area contributed by atoms with Crippen molar-refractivity contribution in [3.63, 3.8) is 0 Å². The molecule has 0 aromatic heterocycles. The average molecular weight is 438 g/mol. The lowest BCUT2D eigenvalue weighted by atomic mass is 9.78. The normalized spacial score (nSPS) is 30.3. The molecule has 3 rings (SSSR count). The van der Waals surface area contributed by atoms with Crippen LogP contribution in [0.1, 0.15) is 19.3 Å². The Kier molecular flexibility index (Phi) is 4.49. The molecule has 21 heavy (non-hydrogen) atoms. The first kappa shape index (κ1) is 15.9. The SMILES string of the molecule is NC1CCCC2CN(S(=O)(=O)c3cc(Br)ccc3Br)CC12. The van der Waals surface area contributed by atoms with E-state index < -0.39 is 10.0 Å². The lowest BCUT2D eigenvalue weighted by Gasteiger charge is -2.29. The van der Waals surface area contributed by atoms with E-state index in [1.807, 2.05) is 6.07 Å². The maximum absolute atomic E-state index is 12.9. The van der Waals surface area contributed by atoms with Crippen molar-refractivity contribution in [3.05, 3.63) is 27.1 Å². The molecule has 4 nitrogen and oxygen atoms in total. The van der Waals surface area contributed by atoms with E-state index in [1.54, 1.807) is 16.4 Å². The van der Waals surface area contributed by atoms with Gasteiger partial charge >= 0.3 is 0 Å². The molecule has 0 amide bonds. The summed E-state index contributed by atoms with van der Waals surface area (Å²) in [5.41, 5.74) is 6.18. The van der Waals surface area contributed by atoms with Gasteiger partial charge in [0.1, 0.15) is 0 Å². The van der Waals surface area contributed by atoms with Crippen LogP contribution in [0, 0.1) is 11.8 Å². The highest BCUT2D eigenvalue weighted by molar-refractivity contribution is 9.11. The third-order valence-electron chi connectivity index (χ3n) is 4.63. The van der Waals surface area contributed by atoms with Gasteiger partial charge in [0.15, 0.2) is 0 Å². The summed E-state index contributed by atoms with van der Waals surface area (Å²) in [5.74, 6) is 0.717. The molecule has 116 valence electrons. The van der Waals surface area contributed by atoms with Crippen molar-refractivity contribution in [1.82, 2.24) is 4.31 Å². The zero-order valence-corrected chi connectivity index (χ0v) is 15.5. The van der Waals surface area contributed by atoms with Crippen LogP contribution >= 0.6 is 31.9 Å². The minimum absolute atomic E-state index is 0.134. The molecule has 1 saturated carbocycles. The van der Waals surface area contributed by atoms with Gasteiger partial charge in [0.25, 0.3) is 0 Å². The molecule has 0 bridgehead atoms. The van der Waals surface area contributed by atoms with E-state index in [9.17, 15) is 8.42 Å². The van der Waals surface area contributed by atoms with Crippen molar-refractivity contribution >= 4 is 41.9 Å². The fourth-order valence-electron chi connectivity index (χ4n) is 3.49. The van der Waals surface area contributed by atoms with Crippen LogP contribution < -0.4 is 5.73 Å². The summed E-state index contributed by atoms with van der Waals surface area (Å²) < 4.78 is 28.8. The Bertz CT molecular complexity index is 650. The first-order chi connectivity index (χ1) is 9.89. The minimum Gasteiger partial charge on any atom is -0.327 e. The van der Waals surface area contributed by atoms with Crippen LogP contribution in [-0.4, -0.2) is 31.9 Å². The average Bonchev–Trinajstić information content (AvgIpc) is 2.88. The Hall–Kier alpha value is 0.0500. The molecule has 1 saturated heterocycles. The largest absolute Gasteiger partial charge is 0.327 e. The summed E-state index contributed by atoms with van der Waals surface area (Å²) in [5, 5.41) is 0. The highest BCUT2D eigenvalue weighted by Gasteiger charge is 2.43. The second-order valence-corrected chi connectivity index (χ2v) is 9.59. The van der Waals surface area contributed by atoms with Gasteiger partial charge < -0.3 is 5.73 Å². The van der Waals surface area contributed by atoms with Crippen LogP contribution in [-0.2, 0) is 10.0 Å². The number of hydrogen-bond acceptors (Lipinski definition) is 3. The van der Waals surface area contributed by atoms with Gasteiger partial charge in [-0.2, -0.15) is 4.31 Å². The maximum Gasteiger partial charge on any atom is 0.244 e. The summed E-state index contributed by atoms with van der Waals surface area (Å²) in [6, 6.07) is 5.37. The summed E-state index contributed by atoms with van der Waals surface area (Å²) in [6.45, 7) is 1.15. The van der Waals surface area contributed by atoms with E-state index in [4.69, 9.17) is 5.73 Å². The standard InChI is InChI=1S/C14H18Br2N2O2S/c15-10-4-5-12(16)14(6-10)21(19,20)18-7-9-2-1-3-13(17)11(9)8-18/h4-6,9,11,13H,1-3,7-8,17H2. The molecule has 1 aromatic rings. The van der Waals surface area contributed by atoms with Gasteiger partial charge in [-0.25, -0.2) is 8.42 Å². The third kappa shape index (κ3) is 2.95. The van der Waals surface area contributed by atoms with Gasteiger partial charge in [0.2, 0.25) is 10.0 Å². The first-order valence-corrected chi connectivity index (χ1v) is 10.1. The predicted octanol–water partition coefficient (Wildman–Crippen LogP) is 2.96. The summed E-state index contributed by atoms with van der Waals surface area (Å²) in [4.78, 5) is 0.323. The molecule has 1 aliphatic carbocycles. The number of rotatable bonds is 2. The molecule has 2 fully saturated rings. The van der Waals surface area contributed by atoms with Crippen molar-refractivity contribution in [2.45, 2.75) is 30.2 Å². The Morgan fingerprint density at radius 2 is 1.95 bits per heavy atom. The van der Waals surface area contributed by atoms with E-state index in [0.717, 1.165) is 23.7 Å². The molecule has 1 aromatic carbocycles. The van der Waals surface area contributed by atoms with E-state index in [0.29, 0.717) is 34.3 Å². The van der Waals surface area contributed by atoms with E-state index >= 15 is 0 Å². The molecule has 1 aliphatic heterocycles. The molecule has 0 radical (unpaired) electrons. The highest BCUT2D eigenvalue weighted by Crippen LogP contribution is 2.39.